The van der Waals surface area contributed by atoms with E-state index in [1.54, 1.807) is 24.3 Å². The number of aryl methyl sites for hydroxylation is 1. The fourth-order valence-corrected chi connectivity index (χ4v) is 5.44. The van der Waals surface area contributed by atoms with Crippen LogP contribution in [0.1, 0.15) is 57.9 Å². The Labute approximate surface area is 365 Å². The number of anilines is 1. The van der Waals surface area contributed by atoms with Gasteiger partial charge in [0.05, 0.1) is 145 Å². The van der Waals surface area contributed by atoms with Crippen LogP contribution in [0.5, 0.6) is 11.5 Å². The minimum atomic E-state index is -0.109. The molecule has 0 unspecified atom stereocenters. The number of unbranched alkanes of at least 4 members (excludes halogenated alkanes) is 5. The molecule has 0 spiro atoms. The van der Waals surface area contributed by atoms with E-state index in [-0.39, 0.29) is 5.91 Å². The van der Waals surface area contributed by atoms with Gasteiger partial charge in [-0.15, -0.1) is 0 Å². The molecular formula is C46H77NO14. The molecule has 1 amide bonds. The molecule has 0 radical (unpaired) electrons. The summed E-state index contributed by atoms with van der Waals surface area (Å²) < 4.78 is 72.2. The van der Waals surface area contributed by atoms with Gasteiger partial charge in [0.25, 0.3) is 0 Å². The van der Waals surface area contributed by atoms with E-state index in [0.717, 1.165) is 17.9 Å². The second-order valence-corrected chi connectivity index (χ2v) is 13.8. The molecule has 0 aliphatic carbocycles. The van der Waals surface area contributed by atoms with Gasteiger partial charge in [-0.3, -0.25) is 4.79 Å². The van der Waals surface area contributed by atoms with E-state index in [1.807, 2.05) is 12.1 Å². The van der Waals surface area contributed by atoms with Crippen molar-refractivity contribution in [1.82, 2.24) is 0 Å². The number of ether oxygens (including phenoxy) is 13. The molecule has 2 rings (SSSR count). The van der Waals surface area contributed by atoms with E-state index < -0.39 is 0 Å². The second kappa shape index (κ2) is 42.4. The Morgan fingerprint density at radius 2 is 0.656 bits per heavy atom. The molecule has 0 atom stereocenters. The first-order valence-electron chi connectivity index (χ1n) is 22.2. The van der Waals surface area contributed by atoms with Crippen molar-refractivity contribution in [3.05, 3.63) is 54.1 Å². The number of hydrogen-bond acceptors (Lipinski definition) is 14. The lowest BCUT2D eigenvalue weighted by Gasteiger charge is -2.09. The van der Waals surface area contributed by atoms with Crippen molar-refractivity contribution in [2.75, 3.05) is 164 Å². The van der Waals surface area contributed by atoms with E-state index in [1.165, 1.54) is 51.0 Å². The Morgan fingerprint density at radius 3 is 0.967 bits per heavy atom. The third-order valence-corrected chi connectivity index (χ3v) is 8.63. The fourth-order valence-electron chi connectivity index (χ4n) is 5.44. The highest BCUT2D eigenvalue weighted by molar-refractivity contribution is 5.88. The molecule has 0 aromatic heterocycles. The maximum atomic E-state index is 11.1. The number of carbonyl (C=O) groups is 1. The monoisotopic (exact) mass is 868 g/mol. The smallest absolute Gasteiger partial charge is 0.221 e. The second-order valence-electron chi connectivity index (χ2n) is 13.8. The Bertz CT molecular complexity index is 1220. The molecule has 2 aromatic carbocycles. The minimum absolute atomic E-state index is 0.109. The zero-order valence-corrected chi connectivity index (χ0v) is 37.3. The van der Waals surface area contributed by atoms with Crippen LogP contribution >= 0.6 is 0 Å². The molecule has 0 heterocycles. The van der Waals surface area contributed by atoms with Crippen molar-refractivity contribution in [1.29, 1.82) is 0 Å². The standard InChI is InChI=1S/C46H77NO14/c1-3-4-5-6-7-8-9-43-10-14-45(15-11-43)60-40-38-58-36-34-56-32-30-54-28-26-52-24-22-50-20-18-49-19-21-51-23-25-53-27-29-55-31-33-57-35-37-59-39-41-61-46-16-12-44(13-17-46)47-42(2)48/h10-17H,3-9,18-41H2,1-2H3,(H,47,48). The van der Waals surface area contributed by atoms with Gasteiger partial charge in [0, 0.05) is 12.6 Å². The Morgan fingerprint density at radius 1 is 0.377 bits per heavy atom. The molecule has 350 valence electrons. The van der Waals surface area contributed by atoms with E-state index in [0.29, 0.717) is 164 Å². The molecule has 0 saturated heterocycles. The van der Waals surface area contributed by atoms with Gasteiger partial charge in [-0.25, -0.2) is 0 Å². The molecule has 0 aliphatic rings. The molecule has 0 saturated carbocycles. The molecule has 15 heteroatoms. The van der Waals surface area contributed by atoms with Gasteiger partial charge in [-0.2, -0.15) is 0 Å². The first-order chi connectivity index (χ1) is 30.2. The summed E-state index contributed by atoms with van der Waals surface area (Å²) in [5, 5.41) is 2.71. The average molecular weight is 868 g/mol. The number of benzene rings is 2. The molecule has 61 heavy (non-hydrogen) atoms. The lowest BCUT2D eigenvalue weighted by atomic mass is 10.0. The molecular weight excluding hydrogens is 790 g/mol. The Hall–Kier alpha value is -2.93. The van der Waals surface area contributed by atoms with Crippen LogP contribution in [0, 0.1) is 0 Å². The summed E-state index contributed by atoms with van der Waals surface area (Å²) >= 11 is 0. The van der Waals surface area contributed by atoms with Crippen molar-refractivity contribution >= 4 is 11.6 Å². The number of hydrogen-bond donors (Lipinski definition) is 1. The van der Waals surface area contributed by atoms with Crippen LogP contribution in [-0.2, 0) is 63.3 Å². The predicted octanol–water partition coefficient (Wildman–Crippen LogP) is 6.19. The number of amides is 1. The third kappa shape index (κ3) is 36.3. The fraction of sp³-hybridized carbons (Fsp3) is 0.717. The third-order valence-electron chi connectivity index (χ3n) is 8.63. The minimum Gasteiger partial charge on any atom is -0.491 e. The van der Waals surface area contributed by atoms with E-state index in [4.69, 9.17) is 61.6 Å². The van der Waals surface area contributed by atoms with Gasteiger partial charge in [0.1, 0.15) is 24.7 Å². The highest BCUT2D eigenvalue weighted by Crippen LogP contribution is 2.16. The normalized spacial score (nSPS) is 11.3. The Balaban J connectivity index is 1.16. The summed E-state index contributed by atoms with van der Waals surface area (Å²) in [7, 11) is 0. The van der Waals surface area contributed by atoms with Crippen molar-refractivity contribution in [3.63, 3.8) is 0 Å². The summed E-state index contributed by atoms with van der Waals surface area (Å²) in [4.78, 5) is 11.1. The maximum absolute atomic E-state index is 11.1. The van der Waals surface area contributed by atoms with Gasteiger partial charge in [0.15, 0.2) is 0 Å². The molecule has 0 aliphatic heterocycles. The lowest BCUT2D eigenvalue weighted by Crippen LogP contribution is -2.15. The number of nitrogens with one attached hydrogen (secondary N) is 1. The van der Waals surface area contributed by atoms with E-state index in [9.17, 15) is 4.79 Å². The predicted molar refractivity (Wildman–Crippen MR) is 234 cm³/mol. The van der Waals surface area contributed by atoms with E-state index in [2.05, 4.69) is 24.4 Å². The van der Waals surface area contributed by atoms with Crippen LogP contribution < -0.4 is 14.8 Å². The average Bonchev–Trinajstić information content (AvgIpc) is 3.26. The van der Waals surface area contributed by atoms with Crippen LogP contribution in [0.2, 0.25) is 0 Å². The zero-order valence-electron chi connectivity index (χ0n) is 37.3. The summed E-state index contributed by atoms with van der Waals surface area (Å²) in [6, 6.07) is 15.6. The van der Waals surface area contributed by atoms with Crippen molar-refractivity contribution in [3.8, 4) is 11.5 Å². The highest BCUT2D eigenvalue weighted by Gasteiger charge is 2.01. The van der Waals surface area contributed by atoms with Gasteiger partial charge in [-0.05, 0) is 54.8 Å². The molecule has 1 N–H and O–H groups in total. The molecule has 15 nitrogen and oxygen atoms in total. The van der Waals surface area contributed by atoms with Crippen LogP contribution in [0.4, 0.5) is 5.69 Å². The van der Waals surface area contributed by atoms with Crippen molar-refractivity contribution < 1.29 is 66.4 Å². The summed E-state index contributed by atoms with van der Waals surface area (Å²) in [6.07, 6.45) is 9.06. The van der Waals surface area contributed by atoms with Crippen molar-refractivity contribution in [2.24, 2.45) is 0 Å². The van der Waals surface area contributed by atoms with Crippen LogP contribution in [0.3, 0.4) is 0 Å². The van der Waals surface area contributed by atoms with Crippen LogP contribution in [-0.4, -0.2) is 164 Å². The zero-order chi connectivity index (χ0) is 43.4. The summed E-state index contributed by atoms with van der Waals surface area (Å²) in [5.74, 6) is 1.49. The number of carbonyl (C=O) groups excluding carboxylic acids is 1. The number of rotatable bonds is 46. The molecule has 0 bridgehead atoms. The lowest BCUT2D eigenvalue weighted by molar-refractivity contribution is -0.114. The van der Waals surface area contributed by atoms with Crippen molar-refractivity contribution in [2.45, 2.75) is 58.8 Å². The SMILES string of the molecule is CCCCCCCCc1ccc(OCCOCCOCCOCCOCCOCCOCCOCCOCCOCCOCCOCCOc2ccc(NC(C)=O)cc2)cc1. The van der Waals surface area contributed by atoms with Gasteiger partial charge >= 0.3 is 0 Å². The van der Waals surface area contributed by atoms with Gasteiger partial charge < -0.3 is 66.9 Å². The van der Waals surface area contributed by atoms with Crippen LogP contribution in [0.25, 0.3) is 0 Å². The first kappa shape index (κ1) is 54.2. The largest absolute Gasteiger partial charge is 0.491 e. The molecule has 0 fully saturated rings. The molecule has 2 aromatic rings. The first-order valence-corrected chi connectivity index (χ1v) is 22.2. The highest BCUT2D eigenvalue weighted by atomic mass is 16.6. The topological polar surface area (TPSA) is 149 Å². The van der Waals surface area contributed by atoms with Gasteiger partial charge in [-0.1, -0.05) is 51.2 Å². The van der Waals surface area contributed by atoms with Crippen LogP contribution in [0.15, 0.2) is 48.5 Å². The quantitative estimate of drug-likeness (QED) is 0.0755. The Kier molecular flexibility index (Phi) is 37.7. The van der Waals surface area contributed by atoms with E-state index >= 15 is 0 Å². The maximum Gasteiger partial charge on any atom is 0.221 e. The van der Waals surface area contributed by atoms with Gasteiger partial charge in [0.2, 0.25) is 5.91 Å². The summed E-state index contributed by atoms with van der Waals surface area (Å²) in [5.41, 5.74) is 2.10. The summed E-state index contributed by atoms with van der Waals surface area (Å²) in [6.45, 7) is 15.6.